The van der Waals surface area contributed by atoms with Crippen LogP contribution in [0.15, 0.2) is 0 Å². The van der Waals surface area contributed by atoms with E-state index in [0.717, 1.165) is 32.5 Å². The van der Waals surface area contributed by atoms with E-state index < -0.39 is 5.97 Å². The van der Waals surface area contributed by atoms with Crippen molar-refractivity contribution in [3.05, 3.63) is 0 Å². The molecule has 4 nitrogen and oxygen atoms in total. The number of ether oxygens (including phenoxy) is 1. The van der Waals surface area contributed by atoms with Gasteiger partial charge in [-0.25, -0.2) is 0 Å². The number of carboxylic acid groups (broad SMARTS) is 1. The second kappa shape index (κ2) is 5.98. The van der Waals surface area contributed by atoms with Crippen LogP contribution < -0.4 is 5.73 Å². The fourth-order valence-electron chi connectivity index (χ4n) is 1.87. The summed E-state index contributed by atoms with van der Waals surface area (Å²) in [5.74, 6) is -0.207. The molecule has 0 aromatic rings. The Bertz CT molecular complexity index is 178. The van der Waals surface area contributed by atoms with E-state index in [1.54, 1.807) is 0 Å². The first-order valence-electron chi connectivity index (χ1n) is 5.25. The Morgan fingerprint density at radius 2 is 2.14 bits per heavy atom. The molecule has 1 aliphatic rings. The van der Waals surface area contributed by atoms with Gasteiger partial charge < -0.3 is 15.6 Å². The van der Waals surface area contributed by atoms with Crippen molar-refractivity contribution in [1.29, 1.82) is 0 Å². The Morgan fingerprint density at radius 1 is 1.50 bits per heavy atom. The molecular weight excluding hydrogens is 182 g/mol. The Labute approximate surface area is 84.4 Å². The standard InChI is InChI=1S/C10H19NO3/c11-9(2-1-3-10(12)13)8-4-6-14-7-5-8/h8-9H,1-7,11H2,(H,12,13). The minimum absolute atomic E-state index is 0.151. The zero-order chi connectivity index (χ0) is 10.4. The summed E-state index contributed by atoms with van der Waals surface area (Å²) in [7, 11) is 0. The highest BCUT2D eigenvalue weighted by atomic mass is 16.5. The fraction of sp³-hybridized carbons (Fsp3) is 0.900. The van der Waals surface area contributed by atoms with Crippen molar-refractivity contribution in [1.82, 2.24) is 0 Å². The molecule has 82 valence electrons. The van der Waals surface area contributed by atoms with E-state index in [1.165, 1.54) is 0 Å². The highest BCUT2D eigenvalue weighted by Gasteiger charge is 2.20. The lowest BCUT2D eigenvalue weighted by Gasteiger charge is -2.27. The predicted molar refractivity (Wildman–Crippen MR) is 53.0 cm³/mol. The van der Waals surface area contributed by atoms with Gasteiger partial charge in [0.25, 0.3) is 0 Å². The van der Waals surface area contributed by atoms with Gasteiger partial charge in [0.1, 0.15) is 0 Å². The van der Waals surface area contributed by atoms with Gasteiger partial charge in [0, 0.05) is 25.7 Å². The Kier molecular flexibility index (Phi) is 4.90. The molecule has 1 unspecified atom stereocenters. The summed E-state index contributed by atoms with van der Waals surface area (Å²) >= 11 is 0. The normalized spacial score (nSPS) is 20.6. The number of hydrogen-bond donors (Lipinski definition) is 2. The molecule has 1 heterocycles. The predicted octanol–water partition coefficient (Wildman–Crippen LogP) is 0.995. The molecule has 0 bridgehead atoms. The summed E-state index contributed by atoms with van der Waals surface area (Å²) in [6.07, 6.45) is 3.78. The Balaban J connectivity index is 2.13. The van der Waals surface area contributed by atoms with Crippen LogP contribution in [-0.2, 0) is 9.53 Å². The average Bonchev–Trinajstić information content (AvgIpc) is 2.18. The van der Waals surface area contributed by atoms with Crippen molar-refractivity contribution < 1.29 is 14.6 Å². The van der Waals surface area contributed by atoms with Crippen LogP contribution in [0.5, 0.6) is 0 Å². The van der Waals surface area contributed by atoms with Crippen LogP contribution in [-0.4, -0.2) is 30.3 Å². The molecule has 4 heteroatoms. The molecule has 1 atom stereocenters. The van der Waals surface area contributed by atoms with Crippen molar-refractivity contribution in [2.45, 2.75) is 38.1 Å². The molecule has 0 aliphatic carbocycles. The fourth-order valence-corrected chi connectivity index (χ4v) is 1.87. The van der Waals surface area contributed by atoms with Gasteiger partial charge in [0.15, 0.2) is 0 Å². The third kappa shape index (κ3) is 4.07. The zero-order valence-corrected chi connectivity index (χ0v) is 8.45. The maximum atomic E-state index is 10.3. The van der Waals surface area contributed by atoms with Crippen molar-refractivity contribution in [2.75, 3.05) is 13.2 Å². The molecule has 1 saturated heterocycles. The van der Waals surface area contributed by atoms with Gasteiger partial charge in [-0.3, -0.25) is 4.79 Å². The van der Waals surface area contributed by atoms with E-state index in [4.69, 9.17) is 15.6 Å². The number of carbonyl (C=O) groups is 1. The quantitative estimate of drug-likeness (QED) is 0.696. The number of nitrogens with two attached hydrogens (primary N) is 1. The molecule has 0 aromatic carbocycles. The van der Waals surface area contributed by atoms with Crippen molar-refractivity contribution in [2.24, 2.45) is 11.7 Å². The van der Waals surface area contributed by atoms with E-state index in [1.807, 2.05) is 0 Å². The number of hydrogen-bond acceptors (Lipinski definition) is 3. The van der Waals surface area contributed by atoms with Gasteiger partial charge in [-0.1, -0.05) is 0 Å². The first kappa shape index (κ1) is 11.5. The number of rotatable bonds is 5. The Morgan fingerprint density at radius 3 is 2.71 bits per heavy atom. The monoisotopic (exact) mass is 201 g/mol. The third-order valence-electron chi connectivity index (χ3n) is 2.80. The second-order valence-corrected chi connectivity index (χ2v) is 3.90. The number of aliphatic carboxylic acids is 1. The highest BCUT2D eigenvalue weighted by molar-refractivity contribution is 5.66. The summed E-state index contributed by atoms with van der Waals surface area (Å²) < 4.78 is 5.24. The first-order valence-corrected chi connectivity index (χ1v) is 5.25. The van der Waals surface area contributed by atoms with Crippen LogP contribution in [0.2, 0.25) is 0 Å². The molecule has 0 amide bonds. The lowest BCUT2D eigenvalue weighted by atomic mass is 9.89. The largest absolute Gasteiger partial charge is 0.481 e. The summed E-state index contributed by atoms with van der Waals surface area (Å²) in [6, 6.07) is 0.151. The van der Waals surface area contributed by atoms with Crippen molar-refractivity contribution in [3.63, 3.8) is 0 Å². The summed E-state index contributed by atoms with van der Waals surface area (Å²) in [5, 5.41) is 8.48. The molecule has 14 heavy (non-hydrogen) atoms. The SMILES string of the molecule is NC(CCCC(=O)O)C1CCOCC1. The third-order valence-corrected chi connectivity index (χ3v) is 2.80. The van der Waals surface area contributed by atoms with Gasteiger partial charge in [-0.2, -0.15) is 0 Å². The van der Waals surface area contributed by atoms with Gasteiger partial charge >= 0.3 is 5.97 Å². The average molecular weight is 201 g/mol. The molecule has 3 N–H and O–H groups in total. The minimum atomic E-state index is -0.732. The second-order valence-electron chi connectivity index (χ2n) is 3.90. The lowest BCUT2D eigenvalue weighted by molar-refractivity contribution is -0.137. The maximum absolute atomic E-state index is 10.3. The molecule has 1 fully saturated rings. The van der Waals surface area contributed by atoms with E-state index >= 15 is 0 Å². The molecule has 0 spiro atoms. The smallest absolute Gasteiger partial charge is 0.303 e. The van der Waals surface area contributed by atoms with E-state index in [2.05, 4.69) is 0 Å². The van der Waals surface area contributed by atoms with Gasteiger partial charge in [-0.15, -0.1) is 0 Å². The van der Waals surface area contributed by atoms with E-state index in [0.29, 0.717) is 12.3 Å². The van der Waals surface area contributed by atoms with Crippen LogP contribution >= 0.6 is 0 Å². The number of carboxylic acids is 1. The molecule has 0 aromatic heterocycles. The maximum Gasteiger partial charge on any atom is 0.303 e. The summed E-state index contributed by atoms with van der Waals surface area (Å²) in [4.78, 5) is 10.3. The molecule has 1 rings (SSSR count). The van der Waals surface area contributed by atoms with Crippen LogP contribution in [0, 0.1) is 5.92 Å². The molecular formula is C10H19NO3. The molecule has 0 radical (unpaired) electrons. The zero-order valence-electron chi connectivity index (χ0n) is 8.45. The van der Waals surface area contributed by atoms with Gasteiger partial charge in [-0.05, 0) is 31.6 Å². The summed E-state index contributed by atoms with van der Waals surface area (Å²) in [5.41, 5.74) is 5.99. The van der Waals surface area contributed by atoms with Crippen LogP contribution in [0.3, 0.4) is 0 Å². The van der Waals surface area contributed by atoms with Crippen molar-refractivity contribution >= 4 is 5.97 Å². The van der Waals surface area contributed by atoms with E-state index in [9.17, 15) is 4.79 Å². The van der Waals surface area contributed by atoms with Gasteiger partial charge in [0.05, 0.1) is 0 Å². The minimum Gasteiger partial charge on any atom is -0.481 e. The van der Waals surface area contributed by atoms with E-state index in [-0.39, 0.29) is 12.5 Å². The van der Waals surface area contributed by atoms with Crippen molar-refractivity contribution in [3.8, 4) is 0 Å². The first-order chi connectivity index (χ1) is 6.70. The van der Waals surface area contributed by atoms with Gasteiger partial charge in [0.2, 0.25) is 0 Å². The van der Waals surface area contributed by atoms with Crippen LogP contribution in [0.1, 0.15) is 32.1 Å². The Hall–Kier alpha value is -0.610. The highest BCUT2D eigenvalue weighted by Crippen LogP contribution is 2.20. The van der Waals surface area contributed by atoms with Crippen LogP contribution in [0.4, 0.5) is 0 Å². The lowest BCUT2D eigenvalue weighted by Crippen LogP contribution is -2.34. The topological polar surface area (TPSA) is 72.6 Å². The van der Waals surface area contributed by atoms with Crippen LogP contribution in [0.25, 0.3) is 0 Å². The molecule has 0 saturated carbocycles. The molecule has 1 aliphatic heterocycles. The summed E-state index contributed by atoms with van der Waals surface area (Å²) in [6.45, 7) is 1.61.